The van der Waals surface area contributed by atoms with E-state index in [1.165, 1.54) is 0 Å². The van der Waals surface area contributed by atoms with Crippen LogP contribution in [0, 0.1) is 0 Å². The fraction of sp³-hybridized carbons (Fsp3) is 0.348. The quantitative estimate of drug-likeness (QED) is 0.641. The maximum absolute atomic E-state index is 11.5. The molecule has 2 aromatic rings. The van der Waals surface area contributed by atoms with Crippen LogP contribution in [0.3, 0.4) is 0 Å². The molecule has 148 valence electrons. The lowest BCUT2D eigenvalue weighted by atomic mass is 9.98. The molecule has 1 aliphatic heterocycles. The van der Waals surface area contributed by atoms with E-state index in [4.69, 9.17) is 9.47 Å². The fourth-order valence-electron chi connectivity index (χ4n) is 3.16. The van der Waals surface area contributed by atoms with Gasteiger partial charge in [0.1, 0.15) is 12.4 Å². The van der Waals surface area contributed by atoms with Crippen LogP contribution in [0.2, 0.25) is 0 Å². The Bertz CT molecular complexity index is 827. The molecular formula is C23H27NO4. The average molecular weight is 381 g/mol. The van der Waals surface area contributed by atoms with Crippen LogP contribution < -0.4 is 10.1 Å². The van der Waals surface area contributed by atoms with Gasteiger partial charge in [-0.1, -0.05) is 25.1 Å². The van der Waals surface area contributed by atoms with Gasteiger partial charge < -0.3 is 19.9 Å². The molecule has 0 spiro atoms. The molecule has 2 aromatic carbocycles. The van der Waals surface area contributed by atoms with Crippen molar-refractivity contribution in [1.82, 2.24) is 0 Å². The third-order valence-corrected chi connectivity index (χ3v) is 4.63. The Balaban J connectivity index is 1.74. The molecule has 0 radical (unpaired) electrons. The Labute approximate surface area is 166 Å². The lowest BCUT2D eigenvalue weighted by Gasteiger charge is -2.16. The number of carboxylic acid groups (broad SMARTS) is 1. The number of nitrogens with one attached hydrogen (secondary N) is 1. The highest BCUT2D eigenvalue weighted by Crippen LogP contribution is 2.30. The second-order valence-corrected chi connectivity index (χ2v) is 6.79. The predicted molar refractivity (Wildman–Crippen MR) is 112 cm³/mol. The summed E-state index contributed by atoms with van der Waals surface area (Å²) in [6, 6.07) is 14.0. The number of aliphatic carboxylic acids is 1. The van der Waals surface area contributed by atoms with E-state index in [1.54, 1.807) is 6.08 Å². The summed E-state index contributed by atoms with van der Waals surface area (Å²) in [6.45, 7) is 4.73. The first-order valence-corrected chi connectivity index (χ1v) is 9.80. The number of hydrogen-bond donors (Lipinski definition) is 2. The summed E-state index contributed by atoms with van der Waals surface area (Å²) in [5, 5.41) is 12.8. The van der Waals surface area contributed by atoms with Crippen LogP contribution in [-0.4, -0.2) is 37.4 Å². The van der Waals surface area contributed by atoms with Crippen molar-refractivity contribution in [3.8, 4) is 16.9 Å². The van der Waals surface area contributed by atoms with Gasteiger partial charge in [0.15, 0.2) is 0 Å². The van der Waals surface area contributed by atoms with Gasteiger partial charge in [-0.25, -0.2) is 4.79 Å². The molecule has 0 atom stereocenters. The summed E-state index contributed by atoms with van der Waals surface area (Å²) in [5.41, 5.74) is 4.43. The van der Waals surface area contributed by atoms with Gasteiger partial charge in [-0.15, -0.1) is 0 Å². The van der Waals surface area contributed by atoms with Crippen LogP contribution in [0.25, 0.3) is 17.2 Å². The van der Waals surface area contributed by atoms with Crippen LogP contribution in [0.15, 0.2) is 48.0 Å². The molecule has 0 bridgehead atoms. The molecule has 28 heavy (non-hydrogen) atoms. The second kappa shape index (κ2) is 9.95. The molecule has 0 aliphatic carbocycles. The van der Waals surface area contributed by atoms with Gasteiger partial charge in [0.2, 0.25) is 0 Å². The van der Waals surface area contributed by atoms with Gasteiger partial charge in [-0.2, -0.15) is 0 Å². The zero-order valence-electron chi connectivity index (χ0n) is 16.2. The van der Waals surface area contributed by atoms with Crippen LogP contribution in [-0.2, 0) is 9.53 Å². The first-order valence-electron chi connectivity index (χ1n) is 9.80. The minimum absolute atomic E-state index is 0.453. The van der Waals surface area contributed by atoms with E-state index in [9.17, 15) is 9.90 Å². The summed E-state index contributed by atoms with van der Waals surface area (Å²) in [5.74, 6) is -0.0347. The highest BCUT2D eigenvalue weighted by Gasteiger charge is 2.13. The average Bonchev–Trinajstić information content (AvgIpc) is 2.68. The smallest absolute Gasteiger partial charge is 0.331 e. The fourth-order valence-corrected chi connectivity index (χ4v) is 3.16. The first-order chi connectivity index (χ1) is 13.7. The van der Waals surface area contributed by atoms with Gasteiger partial charge >= 0.3 is 5.97 Å². The van der Waals surface area contributed by atoms with Crippen LogP contribution >= 0.6 is 0 Å². The molecule has 0 saturated carbocycles. The molecule has 1 heterocycles. The van der Waals surface area contributed by atoms with Gasteiger partial charge in [0, 0.05) is 24.4 Å². The summed E-state index contributed by atoms with van der Waals surface area (Å²) in [4.78, 5) is 11.5. The molecule has 0 fully saturated rings. The Morgan fingerprint density at radius 1 is 1.07 bits per heavy atom. The third kappa shape index (κ3) is 5.36. The largest absolute Gasteiger partial charge is 0.491 e. The lowest BCUT2D eigenvalue weighted by Crippen LogP contribution is -2.09. The molecule has 0 unspecified atom stereocenters. The molecule has 5 heteroatoms. The highest BCUT2D eigenvalue weighted by atomic mass is 16.5. The Kier molecular flexibility index (Phi) is 7.09. The maximum Gasteiger partial charge on any atom is 0.331 e. The van der Waals surface area contributed by atoms with Crippen molar-refractivity contribution in [3.63, 3.8) is 0 Å². The number of benzene rings is 2. The van der Waals surface area contributed by atoms with Crippen molar-refractivity contribution in [2.75, 3.05) is 31.7 Å². The summed E-state index contributed by atoms with van der Waals surface area (Å²) >= 11 is 0. The van der Waals surface area contributed by atoms with E-state index in [0.717, 1.165) is 54.1 Å². The Morgan fingerprint density at radius 3 is 2.61 bits per heavy atom. The number of carboxylic acids is 1. The van der Waals surface area contributed by atoms with Crippen molar-refractivity contribution >= 4 is 17.7 Å². The monoisotopic (exact) mass is 381 g/mol. The lowest BCUT2D eigenvalue weighted by molar-refractivity contribution is -0.132. The van der Waals surface area contributed by atoms with Gasteiger partial charge in [-0.3, -0.25) is 0 Å². The van der Waals surface area contributed by atoms with E-state index < -0.39 is 5.97 Å². The van der Waals surface area contributed by atoms with Crippen LogP contribution in [0.5, 0.6) is 5.75 Å². The standard InChI is InChI=1S/C23H27NO4/c1-2-12-27-13-14-28-21-8-5-17(6-9-21)18-7-10-22-20(15-18)16-19(23(25)26)4-3-11-24-22/h5-10,15-16,24H,2-4,11-14H2,1H3,(H,25,26). The van der Waals surface area contributed by atoms with Crippen molar-refractivity contribution in [1.29, 1.82) is 0 Å². The highest BCUT2D eigenvalue weighted by molar-refractivity contribution is 5.94. The Hall–Kier alpha value is -2.79. The normalized spacial score (nSPS) is 13.5. The van der Waals surface area contributed by atoms with E-state index >= 15 is 0 Å². The number of rotatable bonds is 8. The number of fused-ring (bicyclic) bond motifs is 1. The summed E-state index contributed by atoms with van der Waals surface area (Å²) < 4.78 is 11.1. The Morgan fingerprint density at radius 2 is 1.86 bits per heavy atom. The molecule has 0 saturated heterocycles. The zero-order valence-corrected chi connectivity index (χ0v) is 16.2. The summed E-state index contributed by atoms with van der Waals surface area (Å²) in [7, 11) is 0. The summed E-state index contributed by atoms with van der Waals surface area (Å²) in [6.07, 6.45) is 4.17. The van der Waals surface area contributed by atoms with E-state index in [1.807, 2.05) is 36.4 Å². The zero-order chi connectivity index (χ0) is 19.8. The molecule has 3 rings (SSSR count). The minimum atomic E-state index is -0.845. The van der Waals surface area contributed by atoms with E-state index in [-0.39, 0.29) is 0 Å². The minimum Gasteiger partial charge on any atom is -0.491 e. The first kappa shape index (κ1) is 20.0. The molecule has 2 N–H and O–H groups in total. The van der Waals surface area contributed by atoms with Crippen LogP contribution in [0.1, 0.15) is 31.7 Å². The van der Waals surface area contributed by atoms with Gasteiger partial charge in [0.25, 0.3) is 0 Å². The van der Waals surface area contributed by atoms with Crippen molar-refractivity contribution in [3.05, 3.63) is 53.6 Å². The number of carbonyl (C=O) groups is 1. The van der Waals surface area contributed by atoms with Crippen molar-refractivity contribution in [2.45, 2.75) is 26.2 Å². The van der Waals surface area contributed by atoms with E-state index in [2.05, 4.69) is 18.3 Å². The number of hydrogen-bond acceptors (Lipinski definition) is 4. The van der Waals surface area contributed by atoms with Crippen molar-refractivity contribution in [2.24, 2.45) is 0 Å². The molecular weight excluding hydrogens is 354 g/mol. The maximum atomic E-state index is 11.5. The predicted octanol–water partition coefficient (Wildman–Crippen LogP) is 4.83. The van der Waals surface area contributed by atoms with Gasteiger partial charge in [-0.05, 0) is 66.3 Å². The molecule has 0 aromatic heterocycles. The molecule has 0 amide bonds. The third-order valence-electron chi connectivity index (χ3n) is 4.63. The number of anilines is 1. The van der Waals surface area contributed by atoms with Crippen molar-refractivity contribution < 1.29 is 19.4 Å². The molecule has 1 aliphatic rings. The van der Waals surface area contributed by atoms with Gasteiger partial charge in [0.05, 0.1) is 6.61 Å². The van der Waals surface area contributed by atoms with Crippen LogP contribution in [0.4, 0.5) is 5.69 Å². The second-order valence-electron chi connectivity index (χ2n) is 6.79. The number of ether oxygens (including phenoxy) is 2. The molecule has 5 nitrogen and oxygen atoms in total. The SMILES string of the molecule is CCCOCCOc1ccc(-c2ccc3c(c2)C=C(C(=O)O)CCCN3)cc1. The topological polar surface area (TPSA) is 67.8 Å². The van der Waals surface area contributed by atoms with E-state index in [0.29, 0.717) is 25.2 Å².